The molecule has 0 unspecified atom stereocenters. The van der Waals surface area contributed by atoms with Crippen LogP contribution < -0.4 is 18.9 Å². The van der Waals surface area contributed by atoms with Crippen molar-refractivity contribution in [2.24, 2.45) is 7.05 Å². The second-order valence-corrected chi connectivity index (χ2v) is 7.29. The van der Waals surface area contributed by atoms with E-state index in [0.29, 0.717) is 11.4 Å². The fourth-order valence-corrected chi connectivity index (χ4v) is 4.04. The first kappa shape index (κ1) is 17.9. The van der Waals surface area contributed by atoms with Gasteiger partial charge in [0.1, 0.15) is 4.90 Å². The molecule has 1 N–H and O–H groups in total. The topological polar surface area (TPSA) is 78.8 Å². The Morgan fingerprint density at radius 2 is 1.65 bits per heavy atom. The third-order valence-corrected chi connectivity index (χ3v) is 5.50. The Kier molecular flexibility index (Phi) is 4.69. The number of aromatic nitrogens is 1. The van der Waals surface area contributed by atoms with Crippen LogP contribution in [-0.2, 0) is 17.1 Å². The fraction of sp³-hybridized carbons (Fsp3) is 0.222. The summed E-state index contributed by atoms with van der Waals surface area (Å²) in [5, 5.41) is 1.03. The van der Waals surface area contributed by atoms with E-state index in [0.717, 1.165) is 10.9 Å². The zero-order valence-corrected chi connectivity index (χ0v) is 15.8. The maximum absolute atomic E-state index is 12.9. The number of fused-ring (bicyclic) bond motifs is 1. The van der Waals surface area contributed by atoms with Gasteiger partial charge in [-0.15, -0.1) is 0 Å². The van der Waals surface area contributed by atoms with Gasteiger partial charge in [-0.05, 0) is 35.7 Å². The number of nitrogens with one attached hydrogen (secondary N) is 1. The summed E-state index contributed by atoms with van der Waals surface area (Å²) in [5.74, 6) is 0.684. The minimum absolute atomic E-state index is 0.0374. The lowest BCUT2D eigenvalue weighted by Gasteiger charge is -2.16. The van der Waals surface area contributed by atoms with Gasteiger partial charge in [0, 0.05) is 18.8 Å². The van der Waals surface area contributed by atoms with Gasteiger partial charge >= 0.3 is 0 Å². The molecule has 0 aliphatic rings. The molecule has 0 bridgehead atoms. The number of aryl methyl sites for hydroxylation is 1. The van der Waals surface area contributed by atoms with Crippen LogP contribution in [0, 0.1) is 0 Å². The lowest BCUT2D eigenvalue weighted by molar-refractivity contribution is 0.319. The molecule has 0 saturated carbocycles. The molecule has 0 atom stereocenters. The maximum Gasteiger partial charge on any atom is 0.265 e. The molecule has 0 fully saturated rings. The summed E-state index contributed by atoms with van der Waals surface area (Å²) in [6, 6.07) is 10.3. The average Bonchev–Trinajstić information content (AvgIpc) is 3.00. The zero-order chi connectivity index (χ0) is 18.9. The summed E-state index contributed by atoms with van der Waals surface area (Å²) in [6.45, 7) is 0. The SMILES string of the molecule is COc1ccc(S(=O)(=O)Nc2ccc3ccn(C)c3c2)c(OC)c1OC. The quantitative estimate of drug-likeness (QED) is 0.715. The van der Waals surface area contributed by atoms with Crippen molar-refractivity contribution in [1.29, 1.82) is 0 Å². The van der Waals surface area contributed by atoms with Gasteiger partial charge in [0.05, 0.1) is 27.0 Å². The number of nitrogens with zero attached hydrogens (tertiary/aromatic N) is 1. The van der Waals surface area contributed by atoms with Crippen LogP contribution in [0.25, 0.3) is 10.9 Å². The van der Waals surface area contributed by atoms with Gasteiger partial charge in [0.2, 0.25) is 5.75 Å². The van der Waals surface area contributed by atoms with Crippen LogP contribution in [0.5, 0.6) is 17.2 Å². The van der Waals surface area contributed by atoms with E-state index in [4.69, 9.17) is 14.2 Å². The molecule has 0 radical (unpaired) electrons. The summed E-state index contributed by atoms with van der Waals surface area (Å²) < 4.78 is 46.1. The van der Waals surface area contributed by atoms with Crippen molar-refractivity contribution >= 4 is 26.6 Å². The zero-order valence-electron chi connectivity index (χ0n) is 14.9. The van der Waals surface area contributed by atoms with E-state index >= 15 is 0 Å². The fourth-order valence-electron chi connectivity index (χ4n) is 2.82. The van der Waals surface area contributed by atoms with Gasteiger partial charge in [0.15, 0.2) is 11.5 Å². The van der Waals surface area contributed by atoms with Crippen LogP contribution >= 0.6 is 0 Å². The lowest BCUT2D eigenvalue weighted by atomic mass is 10.2. The molecule has 0 spiro atoms. The van der Waals surface area contributed by atoms with Gasteiger partial charge in [-0.25, -0.2) is 8.42 Å². The van der Waals surface area contributed by atoms with Crippen molar-refractivity contribution < 1.29 is 22.6 Å². The second kappa shape index (κ2) is 6.80. The Hall–Kier alpha value is -2.87. The minimum Gasteiger partial charge on any atom is -0.493 e. The van der Waals surface area contributed by atoms with Gasteiger partial charge in [0.25, 0.3) is 10.0 Å². The Morgan fingerprint density at radius 3 is 2.31 bits per heavy atom. The van der Waals surface area contributed by atoms with Crippen LogP contribution in [0.15, 0.2) is 47.5 Å². The Bertz CT molecular complexity index is 1060. The molecular weight excluding hydrogens is 356 g/mol. The third-order valence-electron chi connectivity index (χ3n) is 4.10. The Labute approximate surface area is 152 Å². The molecule has 26 heavy (non-hydrogen) atoms. The normalized spacial score (nSPS) is 11.4. The van der Waals surface area contributed by atoms with Crippen molar-refractivity contribution in [3.8, 4) is 17.2 Å². The number of anilines is 1. The van der Waals surface area contributed by atoms with E-state index in [9.17, 15) is 8.42 Å². The van der Waals surface area contributed by atoms with Crippen molar-refractivity contribution in [3.63, 3.8) is 0 Å². The number of rotatable bonds is 6. The molecule has 0 aliphatic heterocycles. The van der Waals surface area contributed by atoms with E-state index in [2.05, 4.69) is 4.72 Å². The standard InChI is InChI=1S/C18H20N2O5S/c1-20-10-9-12-5-6-13(11-14(12)20)19-26(21,22)16-8-7-15(23-2)17(24-3)18(16)25-4/h5-11,19H,1-4H3. The van der Waals surface area contributed by atoms with E-state index < -0.39 is 10.0 Å². The van der Waals surface area contributed by atoms with Crippen molar-refractivity contribution in [2.75, 3.05) is 26.1 Å². The molecule has 1 heterocycles. The molecule has 8 heteroatoms. The van der Waals surface area contributed by atoms with Gasteiger partial charge in [-0.3, -0.25) is 4.72 Å². The summed E-state index contributed by atoms with van der Waals surface area (Å²) in [4.78, 5) is -0.0374. The smallest absolute Gasteiger partial charge is 0.265 e. The molecule has 7 nitrogen and oxygen atoms in total. The van der Waals surface area contributed by atoms with Crippen molar-refractivity contribution in [3.05, 3.63) is 42.6 Å². The first-order chi connectivity index (χ1) is 12.4. The lowest BCUT2D eigenvalue weighted by Crippen LogP contribution is -2.14. The Morgan fingerprint density at radius 1 is 0.923 bits per heavy atom. The summed E-state index contributed by atoms with van der Waals surface area (Å²) >= 11 is 0. The highest BCUT2D eigenvalue weighted by Gasteiger charge is 2.25. The van der Waals surface area contributed by atoms with E-state index in [1.165, 1.54) is 33.5 Å². The first-order valence-corrected chi connectivity index (χ1v) is 9.26. The predicted octanol–water partition coefficient (Wildman–Crippen LogP) is 3.00. The second-order valence-electron chi connectivity index (χ2n) is 5.64. The molecular formula is C18H20N2O5S. The number of methoxy groups -OCH3 is 3. The Balaban J connectivity index is 2.05. The van der Waals surface area contributed by atoms with Gasteiger partial charge < -0.3 is 18.8 Å². The number of hydrogen-bond acceptors (Lipinski definition) is 5. The third kappa shape index (κ3) is 3.03. The van der Waals surface area contributed by atoms with Gasteiger partial charge in [-0.2, -0.15) is 0 Å². The van der Waals surface area contributed by atoms with Crippen LogP contribution in [-0.4, -0.2) is 34.3 Å². The summed E-state index contributed by atoms with van der Waals surface area (Å²) in [7, 11) is 2.28. The average molecular weight is 376 g/mol. The van der Waals surface area contributed by atoms with Crippen LogP contribution in [0.3, 0.4) is 0 Å². The van der Waals surface area contributed by atoms with E-state index in [1.54, 1.807) is 12.1 Å². The molecule has 2 aromatic carbocycles. The molecule has 0 saturated heterocycles. The molecule has 0 aliphatic carbocycles. The van der Waals surface area contributed by atoms with Gasteiger partial charge in [-0.1, -0.05) is 6.07 Å². The molecule has 138 valence electrons. The summed E-state index contributed by atoms with van der Waals surface area (Å²) in [6.07, 6.45) is 1.92. The first-order valence-electron chi connectivity index (χ1n) is 7.78. The number of ether oxygens (including phenoxy) is 3. The summed E-state index contributed by atoms with van der Waals surface area (Å²) in [5.41, 5.74) is 1.38. The largest absolute Gasteiger partial charge is 0.493 e. The van der Waals surface area contributed by atoms with Crippen LogP contribution in [0.1, 0.15) is 0 Å². The van der Waals surface area contributed by atoms with Crippen molar-refractivity contribution in [1.82, 2.24) is 4.57 Å². The molecule has 3 rings (SSSR count). The molecule has 1 aromatic heterocycles. The molecule has 0 amide bonds. The number of sulfonamides is 1. The van der Waals surface area contributed by atoms with E-state index in [1.807, 2.05) is 29.9 Å². The highest BCUT2D eigenvalue weighted by molar-refractivity contribution is 7.92. The minimum atomic E-state index is -3.90. The van der Waals surface area contributed by atoms with E-state index in [-0.39, 0.29) is 16.4 Å². The molecule has 3 aromatic rings. The number of benzene rings is 2. The predicted molar refractivity (Wildman–Crippen MR) is 99.8 cm³/mol. The van der Waals surface area contributed by atoms with Crippen molar-refractivity contribution in [2.45, 2.75) is 4.90 Å². The highest BCUT2D eigenvalue weighted by atomic mass is 32.2. The highest BCUT2D eigenvalue weighted by Crippen LogP contribution is 2.42. The van der Waals surface area contributed by atoms with Crippen LogP contribution in [0.2, 0.25) is 0 Å². The monoisotopic (exact) mass is 376 g/mol. The maximum atomic E-state index is 12.9. The van der Waals surface area contributed by atoms with Crippen LogP contribution in [0.4, 0.5) is 5.69 Å². The number of hydrogen-bond donors (Lipinski definition) is 1.